The lowest BCUT2D eigenvalue weighted by atomic mass is 10.1. The van der Waals surface area contributed by atoms with Crippen LogP contribution in [0, 0.1) is 5.92 Å². The number of benzene rings is 1. The second kappa shape index (κ2) is 7.32. The lowest BCUT2D eigenvalue weighted by Gasteiger charge is -2.22. The minimum Gasteiger partial charge on any atom is -0.341 e. The van der Waals surface area contributed by atoms with Crippen LogP contribution in [0.1, 0.15) is 25.3 Å². The first kappa shape index (κ1) is 17.8. The van der Waals surface area contributed by atoms with Crippen molar-refractivity contribution in [3.8, 4) is 0 Å². The van der Waals surface area contributed by atoms with Crippen LogP contribution in [0.4, 0.5) is 5.69 Å². The van der Waals surface area contributed by atoms with Crippen molar-refractivity contribution in [1.29, 1.82) is 0 Å². The molecular weight excluding hydrogens is 314 g/mol. The van der Waals surface area contributed by atoms with Crippen LogP contribution in [0.15, 0.2) is 24.3 Å². The first-order valence-electron chi connectivity index (χ1n) is 8.02. The lowest BCUT2D eigenvalue weighted by Crippen LogP contribution is -2.37. The van der Waals surface area contributed by atoms with Gasteiger partial charge in [-0.15, -0.1) is 12.4 Å². The molecule has 2 fully saturated rings. The van der Waals surface area contributed by atoms with E-state index in [1.165, 1.54) is 0 Å². The van der Waals surface area contributed by atoms with E-state index in [9.17, 15) is 9.59 Å². The van der Waals surface area contributed by atoms with Crippen LogP contribution in [0.3, 0.4) is 0 Å². The summed E-state index contributed by atoms with van der Waals surface area (Å²) in [4.78, 5) is 28.5. The van der Waals surface area contributed by atoms with Gasteiger partial charge in [0.05, 0.1) is 5.92 Å². The third-order valence-electron chi connectivity index (χ3n) is 4.67. The van der Waals surface area contributed by atoms with E-state index in [2.05, 4.69) is 6.92 Å². The number of aryl methyl sites for hydroxylation is 1. The summed E-state index contributed by atoms with van der Waals surface area (Å²) in [6.07, 6.45) is 2.04. The topological polar surface area (TPSA) is 66.6 Å². The van der Waals surface area contributed by atoms with Crippen LogP contribution in [0.25, 0.3) is 0 Å². The van der Waals surface area contributed by atoms with Gasteiger partial charge in [0.1, 0.15) is 0 Å². The number of amides is 2. The van der Waals surface area contributed by atoms with E-state index in [0.29, 0.717) is 19.5 Å². The van der Waals surface area contributed by atoms with E-state index in [-0.39, 0.29) is 36.2 Å². The number of rotatable bonds is 3. The second-order valence-electron chi connectivity index (χ2n) is 6.22. The zero-order valence-electron chi connectivity index (χ0n) is 13.4. The van der Waals surface area contributed by atoms with Crippen LogP contribution in [0.2, 0.25) is 0 Å². The third kappa shape index (κ3) is 3.51. The first-order chi connectivity index (χ1) is 10.6. The molecule has 0 spiro atoms. The molecule has 0 radical (unpaired) electrons. The van der Waals surface area contributed by atoms with Crippen LogP contribution < -0.4 is 10.6 Å². The summed E-state index contributed by atoms with van der Waals surface area (Å²) in [7, 11) is 0. The van der Waals surface area contributed by atoms with Crippen molar-refractivity contribution in [3.05, 3.63) is 29.8 Å². The van der Waals surface area contributed by atoms with Gasteiger partial charge in [-0.2, -0.15) is 0 Å². The lowest BCUT2D eigenvalue weighted by molar-refractivity contribution is -0.134. The molecule has 2 heterocycles. The fourth-order valence-corrected chi connectivity index (χ4v) is 3.42. The summed E-state index contributed by atoms with van der Waals surface area (Å²) in [6, 6.07) is 8.01. The second-order valence-corrected chi connectivity index (χ2v) is 6.22. The fourth-order valence-electron chi connectivity index (χ4n) is 3.42. The van der Waals surface area contributed by atoms with Gasteiger partial charge in [-0.25, -0.2) is 0 Å². The molecule has 126 valence electrons. The maximum Gasteiger partial charge on any atom is 0.228 e. The zero-order valence-corrected chi connectivity index (χ0v) is 14.2. The molecule has 0 saturated carbocycles. The average molecular weight is 338 g/mol. The van der Waals surface area contributed by atoms with Gasteiger partial charge < -0.3 is 15.5 Å². The van der Waals surface area contributed by atoms with Gasteiger partial charge in [-0.3, -0.25) is 9.59 Å². The predicted molar refractivity (Wildman–Crippen MR) is 92.7 cm³/mol. The Morgan fingerprint density at radius 1 is 1.30 bits per heavy atom. The quantitative estimate of drug-likeness (QED) is 0.910. The Morgan fingerprint density at radius 2 is 2.04 bits per heavy atom. The number of halogens is 1. The molecule has 1 unspecified atom stereocenters. The number of hydrogen-bond donors (Lipinski definition) is 1. The monoisotopic (exact) mass is 337 g/mol. The van der Waals surface area contributed by atoms with E-state index < -0.39 is 0 Å². The highest BCUT2D eigenvalue weighted by molar-refractivity contribution is 6.00. The molecule has 1 aromatic rings. The smallest absolute Gasteiger partial charge is 0.228 e. The van der Waals surface area contributed by atoms with Gasteiger partial charge in [0, 0.05) is 37.8 Å². The Balaban J connectivity index is 0.00000192. The van der Waals surface area contributed by atoms with Gasteiger partial charge >= 0.3 is 0 Å². The van der Waals surface area contributed by atoms with Crippen LogP contribution in [-0.2, 0) is 16.0 Å². The number of para-hydroxylation sites is 1. The number of carbonyl (C=O) groups excluding carboxylic acids is 2. The average Bonchev–Trinajstić information content (AvgIpc) is 3.12. The summed E-state index contributed by atoms with van der Waals surface area (Å²) in [5.74, 6) is -0.108. The molecule has 2 aliphatic heterocycles. The van der Waals surface area contributed by atoms with E-state index >= 15 is 0 Å². The molecule has 2 amide bonds. The molecule has 0 bridgehead atoms. The largest absolute Gasteiger partial charge is 0.341 e. The number of nitrogens with zero attached hydrogens (tertiary/aromatic N) is 2. The highest BCUT2D eigenvalue weighted by Crippen LogP contribution is 2.29. The Bertz CT molecular complexity index is 593. The summed E-state index contributed by atoms with van der Waals surface area (Å²) < 4.78 is 0. The molecule has 0 aromatic heterocycles. The van der Waals surface area contributed by atoms with Gasteiger partial charge in [0.25, 0.3) is 0 Å². The minimum absolute atomic E-state index is 0. The molecule has 3 rings (SSSR count). The van der Waals surface area contributed by atoms with Crippen LogP contribution in [0.5, 0.6) is 0 Å². The fraction of sp³-hybridized carbons (Fsp3) is 0.529. The predicted octanol–water partition coefficient (Wildman–Crippen LogP) is 1.58. The number of hydrogen-bond acceptors (Lipinski definition) is 3. The molecule has 5 nitrogen and oxygen atoms in total. The van der Waals surface area contributed by atoms with Crippen molar-refractivity contribution in [2.24, 2.45) is 11.7 Å². The van der Waals surface area contributed by atoms with Gasteiger partial charge in [0.15, 0.2) is 0 Å². The molecule has 23 heavy (non-hydrogen) atoms. The minimum atomic E-state index is -0.234. The van der Waals surface area contributed by atoms with Crippen molar-refractivity contribution < 1.29 is 9.59 Å². The Hall–Kier alpha value is -1.59. The summed E-state index contributed by atoms with van der Waals surface area (Å²) in [5.41, 5.74) is 7.97. The summed E-state index contributed by atoms with van der Waals surface area (Å²) in [6.45, 7) is 3.90. The van der Waals surface area contributed by atoms with Crippen LogP contribution in [-0.4, -0.2) is 42.4 Å². The summed E-state index contributed by atoms with van der Waals surface area (Å²) in [5, 5.41) is 0. The highest BCUT2D eigenvalue weighted by atomic mass is 35.5. The van der Waals surface area contributed by atoms with E-state index in [1.54, 1.807) is 4.90 Å². The maximum atomic E-state index is 12.6. The Labute approximate surface area is 143 Å². The molecule has 2 aliphatic rings. The van der Waals surface area contributed by atoms with Crippen molar-refractivity contribution in [3.63, 3.8) is 0 Å². The zero-order chi connectivity index (χ0) is 15.7. The SMILES string of the molecule is CCc1ccccc1N1CC(C(=O)N2CC[C@@H](N)C2)CC1=O.Cl. The molecule has 2 saturated heterocycles. The van der Waals surface area contributed by atoms with E-state index in [1.807, 2.05) is 29.2 Å². The standard InChI is InChI=1S/C17H23N3O2.ClH/c1-2-12-5-3-4-6-15(12)20-10-13(9-16(20)21)17(22)19-8-7-14(18)11-19;/h3-6,13-14H,2,7-11,18H2,1H3;1H/t13?,14-;/m1./s1. The van der Waals surface area contributed by atoms with E-state index in [4.69, 9.17) is 5.73 Å². The first-order valence-corrected chi connectivity index (χ1v) is 8.02. The molecule has 0 aliphatic carbocycles. The van der Waals surface area contributed by atoms with Gasteiger partial charge in [-0.05, 0) is 24.5 Å². The molecule has 2 N–H and O–H groups in total. The van der Waals surface area contributed by atoms with Crippen molar-refractivity contribution >= 4 is 29.9 Å². The number of carbonyl (C=O) groups is 2. The Kier molecular flexibility index (Phi) is 5.65. The van der Waals surface area contributed by atoms with Gasteiger partial charge in [-0.1, -0.05) is 25.1 Å². The molecular formula is C17H24ClN3O2. The number of likely N-dealkylation sites (tertiary alicyclic amines) is 1. The van der Waals surface area contributed by atoms with Crippen molar-refractivity contribution in [1.82, 2.24) is 4.90 Å². The molecule has 6 heteroatoms. The van der Waals surface area contributed by atoms with Crippen molar-refractivity contribution in [2.75, 3.05) is 24.5 Å². The summed E-state index contributed by atoms with van der Waals surface area (Å²) >= 11 is 0. The maximum absolute atomic E-state index is 12.6. The number of nitrogens with two attached hydrogens (primary N) is 1. The number of anilines is 1. The highest BCUT2D eigenvalue weighted by Gasteiger charge is 2.39. The normalized spacial score (nSPS) is 24.0. The van der Waals surface area contributed by atoms with Crippen molar-refractivity contribution in [2.45, 2.75) is 32.2 Å². The van der Waals surface area contributed by atoms with Crippen LogP contribution >= 0.6 is 12.4 Å². The molecule has 2 atom stereocenters. The van der Waals surface area contributed by atoms with E-state index in [0.717, 1.165) is 30.6 Å². The van der Waals surface area contributed by atoms with Gasteiger partial charge in [0.2, 0.25) is 11.8 Å². The molecule has 1 aromatic carbocycles. The third-order valence-corrected chi connectivity index (χ3v) is 4.67. The Morgan fingerprint density at radius 3 is 2.70 bits per heavy atom.